The maximum atomic E-state index is 11.4. The van der Waals surface area contributed by atoms with Crippen LogP contribution in [0.3, 0.4) is 0 Å². The van der Waals surface area contributed by atoms with E-state index in [-0.39, 0.29) is 12.0 Å². The molecule has 0 unspecified atom stereocenters. The second kappa shape index (κ2) is 11.3. The van der Waals surface area contributed by atoms with Crippen molar-refractivity contribution in [1.29, 1.82) is 0 Å². The molecule has 0 bridgehead atoms. The molecule has 0 fully saturated rings. The van der Waals surface area contributed by atoms with Gasteiger partial charge in [0.15, 0.2) is 6.07 Å². The van der Waals surface area contributed by atoms with Crippen molar-refractivity contribution in [2.45, 2.75) is 51.6 Å². The number of carbonyl (C=O) groups is 1. The molecule has 0 radical (unpaired) electrons. The van der Waals surface area contributed by atoms with Crippen molar-refractivity contribution >= 4 is 17.6 Å². The first-order valence-corrected chi connectivity index (χ1v) is 11.5. The molecule has 0 amide bonds. The van der Waals surface area contributed by atoms with Gasteiger partial charge < -0.3 is 9.22 Å². The zero-order valence-electron chi connectivity index (χ0n) is 17.8. The summed E-state index contributed by atoms with van der Waals surface area (Å²) in [7, 11) is 0. The smallest absolute Gasteiger partial charge is 0.306 e. The minimum absolute atomic E-state index is 0.0472. The predicted octanol–water partition coefficient (Wildman–Crippen LogP) is 6.45. The molecule has 2 aromatic carbocycles. The van der Waals surface area contributed by atoms with E-state index in [1.165, 1.54) is 35.1 Å². The van der Waals surface area contributed by atoms with Gasteiger partial charge >= 0.3 is 5.97 Å². The van der Waals surface area contributed by atoms with Crippen molar-refractivity contribution in [1.82, 2.24) is 0 Å². The van der Waals surface area contributed by atoms with Gasteiger partial charge in [-0.3, -0.25) is 4.79 Å². The third-order valence-electron chi connectivity index (χ3n) is 6.08. The molecule has 0 saturated carbocycles. The SMILES string of the molecule is C=CC[N+]1(CCCCCCCC(=O)OCCl)Cc2ccccc2-c2ccccc2C1. The second-order valence-corrected chi connectivity index (χ2v) is 8.53. The lowest BCUT2D eigenvalue weighted by Gasteiger charge is -2.37. The van der Waals surface area contributed by atoms with E-state index in [4.69, 9.17) is 16.3 Å². The third kappa shape index (κ3) is 5.96. The maximum Gasteiger partial charge on any atom is 0.306 e. The second-order valence-electron chi connectivity index (χ2n) is 8.31. The van der Waals surface area contributed by atoms with Gasteiger partial charge in [-0.1, -0.05) is 79.6 Å². The Morgan fingerprint density at radius 3 is 2.10 bits per heavy atom. The topological polar surface area (TPSA) is 26.3 Å². The molecule has 0 atom stereocenters. The van der Waals surface area contributed by atoms with E-state index >= 15 is 0 Å². The summed E-state index contributed by atoms with van der Waals surface area (Å²) in [5, 5.41) is 0. The summed E-state index contributed by atoms with van der Waals surface area (Å²) in [4.78, 5) is 11.4. The van der Waals surface area contributed by atoms with E-state index in [1.807, 2.05) is 0 Å². The van der Waals surface area contributed by atoms with Gasteiger partial charge in [0.1, 0.15) is 13.1 Å². The van der Waals surface area contributed by atoms with Crippen LogP contribution in [0.5, 0.6) is 0 Å². The van der Waals surface area contributed by atoms with Crippen molar-refractivity contribution in [3.63, 3.8) is 0 Å². The summed E-state index contributed by atoms with van der Waals surface area (Å²) in [6.45, 7) is 8.28. The van der Waals surface area contributed by atoms with Gasteiger partial charge in [0.05, 0.1) is 13.1 Å². The van der Waals surface area contributed by atoms with E-state index in [0.29, 0.717) is 6.42 Å². The lowest BCUT2D eigenvalue weighted by Crippen LogP contribution is -2.46. The molecular weight excluding hydrogens is 394 g/mol. The lowest BCUT2D eigenvalue weighted by atomic mass is 9.97. The number of halogens is 1. The van der Waals surface area contributed by atoms with Gasteiger partial charge in [0.25, 0.3) is 0 Å². The summed E-state index contributed by atoms with van der Waals surface area (Å²) in [6, 6.07) is 17.6. The molecule has 0 aliphatic carbocycles. The first-order chi connectivity index (χ1) is 14.7. The first-order valence-electron chi connectivity index (χ1n) is 11.0. The number of esters is 1. The highest BCUT2D eigenvalue weighted by molar-refractivity contribution is 6.17. The average molecular weight is 427 g/mol. The minimum Gasteiger partial charge on any atom is -0.449 e. The third-order valence-corrected chi connectivity index (χ3v) is 6.19. The zero-order valence-corrected chi connectivity index (χ0v) is 18.6. The predicted molar refractivity (Wildman–Crippen MR) is 124 cm³/mol. The van der Waals surface area contributed by atoms with Crippen LogP contribution in [0.1, 0.15) is 49.7 Å². The summed E-state index contributed by atoms with van der Waals surface area (Å²) < 4.78 is 5.80. The number of hydrogen-bond donors (Lipinski definition) is 0. The fourth-order valence-electron chi connectivity index (χ4n) is 4.65. The molecule has 0 spiro atoms. The van der Waals surface area contributed by atoms with Crippen LogP contribution in [0.25, 0.3) is 11.1 Å². The molecule has 0 saturated heterocycles. The number of benzene rings is 2. The molecule has 4 heteroatoms. The Balaban J connectivity index is 1.62. The fourth-order valence-corrected chi connectivity index (χ4v) is 4.77. The van der Waals surface area contributed by atoms with Crippen LogP contribution in [-0.4, -0.2) is 29.6 Å². The van der Waals surface area contributed by atoms with Crippen molar-refractivity contribution in [2.24, 2.45) is 0 Å². The summed E-state index contributed by atoms with van der Waals surface area (Å²) >= 11 is 5.41. The Hall–Kier alpha value is -2.10. The molecule has 1 heterocycles. The van der Waals surface area contributed by atoms with Crippen molar-refractivity contribution in [3.05, 3.63) is 72.3 Å². The number of fused-ring (bicyclic) bond motifs is 3. The number of carbonyl (C=O) groups excluding carboxylic acids is 1. The number of rotatable bonds is 11. The molecule has 2 aromatic rings. The molecule has 30 heavy (non-hydrogen) atoms. The number of alkyl halides is 1. The van der Waals surface area contributed by atoms with Gasteiger partial charge in [0.2, 0.25) is 0 Å². The molecule has 3 nitrogen and oxygen atoms in total. The molecule has 1 aliphatic heterocycles. The quantitative estimate of drug-likeness (QED) is 0.136. The van der Waals surface area contributed by atoms with Crippen LogP contribution < -0.4 is 0 Å². The molecule has 3 rings (SSSR count). The van der Waals surface area contributed by atoms with Gasteiger partial charge in [-0.2, -0.15) is 0 Å². The van der Waals surface area contributed by atoms with Crippen LogP contribution in [0.15, 0.2) is 61.2 Å². The highest BCUT2D eigenvalue weighted by Gasteiger charge is 2.31. The minimum atomic E-state index is -0.192. The fraction of sp³-hybridized carbons (Fsp3) is 0.423. The monoisotopic (exact) mass is 426 g/mol. The Kier molecular flexibility index (Phi) is 8.53. The van der Waals surface area contributed by atoms with Crippen LogP contribution in [0.4, 0.5) is 0 Å². The van der Waals surface area contributed by atoms with Crippen LogP contribution in [0, 0.1) is 0 Å². The van der Waals surface area contributed by atoms with Crippen LogP contribution in [-0.2, 0) is 22.6 Å². The van der Waals surface area contributed by atoms with E-state index in [1.54, 1.807) is 0 Å². The van der Waals surface area contributed by atoms with E-state index in [2.05, 4.69) is 61.2 Å². The summed E-state index contributed by atoms with van der Waals surface area (Å²) in [5.74, 6) is -0.192. The van der Waals surface area contributed by atoms with Crippen LogP contribution >= 0.6 is 11.6 Å². The standard InChI is InChI=1S/C26H33ClNO2/c1-2-17-28(18-11-5-3-4-6-16-26(29)30-21-27)19-22-12-7-9-14-24(22)25-15-10-8-13-23(25)20-28/h2,7-10,12-15H,1,3-6,11,16-21H2/q+1. The number of hydrogen-bond acceptors (Lipinski definition) is 2. The molecule has 1 aliphatic rings. The highest BCUT2D eigenvalue weighted by Crippen LogP contribution is 2.36. The van der Waals surface area contributed by atoms with E-state index in [0.717, 1.165) is 49.9 Å². The molecule has 160 valence electrons. The van der Waals surface area contributed by atoms with Crippen molar-refractivity contribution in [3.8, 4) is 11.1 Å². The van der Waals surface area contributed by atoms with Crippen molar-refractivity contribution < 1.29 is 14.0 Å². The highest BCUT2D eigenvalue weighted by atomic mass is 35.5. The van der Waals surface area contributed by atoms with Gasteiger partial charge in [0, 0.05) is 17.5 Å². The Morgan fingerprint density at radius 2 is 1.50 bits per heavy atom. The largest absolute Gasteiger partial charge is 0.449 e. The summed E-state index contributed by atoms with van der Waals surface area (Å²) in [6.07, 6.45) is 8.01. The van der Waals surface area contributed by atoms with Crippen LogP contribution in [0.2, 0.25) is 0 Å². The molecule has 0 aromatic heterocycles. The first kappa shape index (κ1) is 22.6. The van der Waals surface area contributed by atoms with Gasteiger partial charge in [-0.15, -0.1) is 0 Å². The normalized spacial score (nSPS) is 14.3. The lowest BCUT2D eigenvalue weighted by molar-refractivity contribution is -0.948. The Bertz CT molecular complexity index is 801. The van der Waals surface area contributed by atoms with Gasteiger partial charge in [-0.25, -0.2) is 0 Å². The van der Waals surface area contributed by atoms with Crippen molar-refractivity contribution in [2.75, 3.05) is 19.2 Å². The number of nitrogens with zero attached hydrogens (tertiary/aromatic N) is 1. The number of quaternary nitrogens is 1. The average Bonchev–Trinajstić information content (AvgIpc) is 2.88. The zero-order chi connectivity index (χ0) is 21.2. The van der Waals surface area contributed by atoms with E-state index < -0.39 is 0 Å². The molecule has 0 N–H and O–H groups in total. The summed E-state index contributed by atoms with van der Waals surface area (Å²) in [5.41, 5.74) is 5.62. The van der Waals surface area contributed by atoms with Gasteiger partial charge in [-0.05, 0) is 36.5 Å². The Labute approximate surface area is 185 Å². The number of ether oxygens (including phenoxy) is 1. The Morgan fingerprint density at radius 1 is 0.933 bits per heavy atom. The maximum absolute atomic E-state index is 11.4. The number of unbranched alkanes of at least 4 members (excludes halogenated alkanes) is 4. The van der Waals surface area contributed by atoms with E-state index in [9.17, 15) is 4.79 Å². The molecular formula is C26H33ClNO2+.